The van der Waals surface area contributed by atoms with Crippen molar-refractivity contribution in [1.82, 2.24) is 9.55 Å². The van der Waals surface area contributed by atoms with E-state index in [0.717, 1.165) is 47.9 Å². The Morgan fingerprint density at radius 3 is 3.20 bits per heavy atom. The average Bonchev–Trinajstić information content (AvgIpc) is 2.77. The summed E-state index contributed by atoms with van der Waals surface area (Å²) in [6.45, 7) is 4.76. The second kappa shape index (κ2) is 5.87. The number of aromatic nitrogens is 2. The van der Waals surface area contributed by atoms with E-state index in [1.54, 1.807) is 0 Å². The van der Waals surface area contributed by atoms with E-state index >= 15 is 0 Å². The van der Waals surface area contributed by atoms with Crippen LogP contribution in [0.4, 0.5) is 5.82 Å². The highest BCUT2D eigenvalue weighted by Crippen LogP contribution is 2.26. The summed E-state index contributed by atoms with van der Waals surface area (Å²) in [6.07, 6.45) is 1.95. The van der Waals surface area contributed by atoms with Crippen LogP contribution in [-0.4, -0.2) is 22.7 Å². The summed E-state index contributed by atoms with van der Waals surface area (Å²) in [6, 6.07) is 8.13. The van der Waals surface area contributed by atoms with Crippen molar-refractivity contribution in [3.63, 3.8) is 0 Å². The second-order valence-electron chi connectivity index (χ2n) is 5.01. The summed E-state index contributed by atoms with van der Waals surface area (Å²) in [5, 5.41) is 3.38. The Labute approximate surface area is 127 Å². The zero-order chi connectivity index (χ0) is 13.9. The van der Waals surface area contributed by atoms with Gasteiger partial charge < -0.3 is 14.6 Å². The molecule has 0 saturated carbocycles. The SMILES string of the molecule is Cc1cccc(OCCc2nc(Br)c3n2CCCN3)c1. The molecule has 0 fully saturated rings. The first-order valence-corrected chi connectivity index (χ1v) is 7.71. The van der Waals surface area contributed by atoms with E-state index in [9.17, 15) is 0 Å². The number of ether oxygens (including phenoxy) is 1. The van der Waals surface area contributed by atoms with Gasteiger partial charge in [-0.05, 0) is 47.0 Å². The number of rotatable bonds is 4. The van der Waals surface area contributed by atoms with Crippen molar-refractivity contribution in [2.45, 2.75) is 26.3 Å². The lowest BCUT2D eigenvalue weighted by molar-refractivity contribution is 0.316. The summed E-state index contributed by atoms with van der Waals surface area (Å²) in [7, 11) is 0. The number of nitrogens with zero attached hydrogens (tertiary/aromatic N) is 2. The normalized spacial score (nSPS) is 13.7. The zero-order valence-electron chi connectivity index (χ0n) is 11.5. The first kappa shape index (κ1) is 13.5. The van der Waals surface area contributed by atoms with Crippen molar-refractivity contribution in [3.8, 4) is 5.75 Å². The lowest BCUT2D eigenvalue weighted by Gasteiger charge is -2.18. The number of benzene rings is 1. The molecule has 1 aliphatic heterocycles. The number of fused-ring (bicyclic) bond motifs is 1. The number of anilines is 1. The topological polar surface area (TPSA) is 39.1 Å². The van der Waals surface area contributed by atoms with Gasteiger partial charge in [0.1, 0.15) is 22.0 Å². The Hall–Kier alpha value is -1.49. The fourth-order valence-electron chi connectivity index (χ4n) is 2.48. The first-order valence-electron chi connectivity index (χ1n) is 6.92. The molecular weight excluding hydrogens is 318 g/mol. The minimum Gasteiger partial charge on any atom is -0.493 e. The standard InChI is InChI=1S/C15H18BrN3O/c1-11-4-2-5-12(10-11)20-9-6-13-18-14(16)15-17-7-3-8-19(13)15/h2,4-5,10,17H,3,6-9H2,1H3. The zero-order valence-corrected chi connectivity index (χ0v) is 13.1. The van der Waals surface area contributed by atoms with Crippen molar-refractivity contribution in [1.29, 1.82) is 0 Å². The van der Waals surface area contributed by atoms with Crippen molar-refractivity contribution in [3.05, 3.63) is 40.3 Å². The molecule has 2 heterocycles. The molecule has 20 heavy (non-hydrogen) atoms. The highest BCUT2D eigenvalue weighted by Gasteiger charge is 2.17. The van der Waals surface area contributed by atoms with Crippen LogP contribution in [0.5, 0.6) is 5.75 Å². The highest BCUT2D eigenvalue weighted by molar-refractivity contribution is 9.10. The molecule has 0 spiro atoms. The van der Waals surface area contributed by atoms with Crippen molar-refractivity contribution < 1.29 is 4.74 Å². The fourth-order valence-corrected chi connectivity index (χ4v) is 3.04. The maximum atomic E-state index is 5.80. The fraction of sp³-hybridized carbons (Fsp3) is 0.400. The molecule has 0 atom stereocenters. The van der Waals surface area contributed by atoms with Gasteiger partial charge in [-0.1, -0.05) is 12.1 Å². The number of nitrogens with one attached hydrogen (secondary N) is 1. The van der Waals surface area contributed by atoms with Gasteiger partial charge in [0, 0.05) is 19.5 Å². The van der Waals surface area contributed by atoms with Crippen LogP contribution in [0.25, 0.3) is 0 Å². The van der Waals surface area contributed by atoms with Gasteiger partial charge in [0.2, 0.25) is 0 Å². The molecule has 5 heteroatoms. The van der Waals surface area contributed by atoms with Crippen LogP contribution in [0.3, 0.4) is 0 Å². The van der Waals surface area contributed by atoms with Crippen LogP contribution < -0.4 is 10.1 Å². The smallest absolute Gasteiger partial charge is 0.148 e. The van der Waals surface area contributed by atoms with Crippen LogP contribution in [-0.2, 0) is 13.0 Å². The molecule has 0 radical (unpaired) electrons. The molecule has 2 aromatic rings. The summed E-state index contributed by atoms with van der Waals surface area (Å²) in [5.74, 6) is 3.10. The van der Waals surface area contributed by atoms with E-state index in [4.69, 9.17) is 4.74 Å². The Morgan fingerprint density at radius 1 is 1.45 bits per heavy atom. The van der Waals surface area contributed by atoms with E-state index in [0.29, 0.717) is 6.61 Å². The Balaban J connectivity index is 1.64. The van der Waals surface area contributed by atoms with E-state index in [-0.39, 0.29) is 0 Å². The largest absolute Gasteiger partial charge is 0.493 e. The van der Waals surface area contributed by atoms with Gasteiger partial charge in [-0.2, -0.15) is 0 Å². The van der Waals surface area contributed by atoms with E-state index in [1.807, 2.05) is 12.1 Å². The minimum atomic E-state index is 0.645. The maximum Gasteiger partial charge on any atom is 0.148 e. The Kier molecular flexibility index (Phi) is 3.96. The molecule has 4 nitrogen and oxygen atoms in total. The Morgan fingerprint density at radius 2 is 2.35 bits per heavy atom. The minimum absolute atomic E-state index is 0.645. The number of imidazole rings is 1. The summed E-state index contributed by atoms with van der Waals surface area (Å²) >= 11 is 3.51. The third-order valence-corrected chi connectivity index (χ3v) is 3.99. The summed E-state index contributed by atoms with van der Waals surface area (Å²) < 4.78 is 8.95. The second-order valence-corrected chi connectivity index (χ2v) is 5.77. The van der Waals surface area contributed by atoms with Crippen LogP contribution in [0.1, 0.15) is 17.8 Å². The molecule has 1 aromatic carbocycles. The van der Waals surface area contributed by atoms with Crippen molar-refractivity contribution in [2.75, 3.05) is 18.5 Å². The lowest BCUT2D eigenvalue weighted by atomic mass is 10.2. The van der Waals surface area contributed by atoms with E-state index in [1.165, 1.54) is 5.56 Å². The van der Waals surface area contributed by atoms with Gasteiger partial charge in [-0.15, -0.1) is 0 Å². The summed E-state index contributed by atoms with van der Waals surface area (Å²) in [4.78, 5) is 4.58. The third kappa shape index (κ3) is 2.82. The predicted octanol–water partition coefficient (Wildman–Crippen LogP) is 3.39. The highest BCUT2D eigenvalue weighted by atomic mass is 79.9. The van der Waals surface area contributed by atoms with Crippen LogP contribution >= 0.6 is 15.9 Å². The van der Waals surface area contributed by atoms with Gasteiger partial charge in [0.25, 0.3) is 0 Å². The molecule has 0 bridgehead atoms. The predicted molar refractivity (Wildman–Crippen MR) is 83.4 cm³/mol. The molecule has 0 aliphatic carbocycles. The molecule has 3 rings (SSSR count). The van der Waals surface area contributed by atoms with E-state index < -0.39 is 0 Å². The van der Waals surface area contributed by atoms with Gasteiger partial charge in [0.05, 0.1) is 6.61 Å². The van der Waals surface area contributed by atoms with E-state index in [2.05, 4.69) is 49.9 Å². The molecule has 1 aromatic heterocycles. The molecular formula is C15H18BrN3O. The molecule has 0 saturated heterocycles. The lowest BCUT2D eigenvalue weighted by Crippen LogP contribution is -2.19. The van der Waals surface area contributed by atoms with Crippen LogP contribution in [0.2, 0.25) is 0 Å². The molecule has 0 unspecified atom stereocenters. The van der Waals surface area contributed by atoms with Crippen molar-refractivity contribution in [2.24, 2.45) is 0 Å². The first-order chi connectivity index (χ1) is 9.74. The van der Waals surface area contributed by atoms with Gasteiger partial charge in [0.15, 0.2) is 0 Å². The quantitative estimate of drug-likeness (QED) is 0.930. The van der Waals surface area contributed by atoms with Gasteiger partial charge in [-0.25, -0.2) is 4.98 Å². The molecule has 1 aliphatic rings. The number of hydrogen-bond acceptors (Lipinski definition) is 3. The number of hydrogen-bond donors (Lipinski definition) is 1. The molecule has 0 amide bonds. The van der Waals surface area contributed by atoms with Crippen molar-refractivity contribution >= 4 is 21.7 Å². The number of halogens is 1. The summed E-state index contributed by atoms with van der Waals surface area (Å²) in [5.41, 5.74) is 1.22. The van der Waals surface area contributed by atoms with Crippen LogP contribution in [0.15, 0.2) is 28.9 Å². The molecule has 106 valence electrons. The third-order valence-electron chi connectivity index (χ3n) is 3.44. The maximum absolute atomic E-state index is 5.80. The van der Waals surface area contributed by atoms with Crippen LogP contribution in [0, 0.1) is 6.92 Å². The Bertz CT molecular complexity index is 609. The average molecular weight is 336 g/mol. The monoisotopic (exact) mass is 335 g/mol. The van der Waals surface area contributed by atoms with Gasteiger partial charge >= 0.3 is 0 Å². The van der Waals surface area contributed by atoms with Gasteiger partial charge in [-0.3, -0.25) is 0 Å². The number of aryl methyl sites for hydroxylation is 1. The molecule has 1 N–H and O–H groups in total.